The number of hydrogen-bond donors (Lipinski definition) is 0. The van der Waals surface area contributed by atoms with Gasteiger partial charge in [0.2, 0.25) is 0 Å². The van der Waals surface area contributed by atoms with Crippen LogP contribution in [0.1, 0.15) is 30.9 Å². The van der Waals surface area contributed by atoms with Crippen LogP contribution in [0.4, 0.5) is 8.78 Å². The molecule has 0 unspecified atom stereocenters. The molecular weight excluding hydrogens is 362 g/mol. The maximum atomic E-state index is 13.7. The molecule has 0 saturated heterocycles. The van der Waals surface area contributed by atoms with Crippen LogP contribution in [-0.2, 0) is 12.8 Å². The molecule has 0 bridgehead atoms. The minimum Gasteiger partial charge on any atom is -0.236 e. The Kier molecular flexibility index (Phi) is 5.27. The molecule has 112 valence electrons. The van der Waals surface area contributed by atoms with Crippen LogP contribution in [0.3, 0.4) is 0 Å². The van der Waals surface area contributed by atoms with Crippen molar-refractivity contribution in [1.29, 1.82) is 0 Å². The first kappa shape index (κ1) is 16.3. The van der Waals surface area contributed by atoms with Gasteiger partial charge in [0.1, 0.15) is 22.6 Å². The molecule has 0 aliphatic rings. The van der Waals surface area contributed by atoms with Gasteiger partial charge in [0.25, 0.3) is 0 Å². The first-order valence-corrected chi connectivity index (χ1v) is 7.68. The Morgan fingerprint density at radius 3 is 2.57 bits per heavy atom. The van der Waals surface area contributed by atoms with E-state index in [9.17, 15) is 8.78 Å². The zero-order valence-corrected chi connectivity index (χ0v) is 14.0. The van der Waals surface area contributed by atoms with E-state index in [1.54, 1.807) is 0 Å². The summed E-state index contributed by atoms with van der Waals surface area (Å²) in [5, 5.41) is 0.304. The second-order valence-corrected chi connectivity index (χ2v) is 6.35. The number of rotatable bonds is 4. The molecule has 2 aromatic rings. The van der Waals surface area contributed by atoms with Gasteiger partial charge in [-0.25, -0.2) is 18.7 Å². The van der Waals surface area contributed by atoms with Crippen LogP contribution in [0.2, 0.25) is 5.15 Å². The topological polar surface area (TPSA) is 25.8 Å². The van der Waals surface area contributed by atoms with Crippen LogP contribution in [-0.4, -0.2) is 9.97 Å². The van der Waals surface area contributed by atoms with Gasteiger partial charge in [-0.1, -0.05) is 31.5 Å². The van der Waals surface area contributed by atoms with E-state index in [-0.39, 0.29) is 6.42 Å². The molecule has 0 saturated carbocycles. The monoisotopic (exact) mass is 374 g/mol. The van der Waals surface area contributed by atoms with Crippen molar-refractivity contribution in [3.8, 4) is 0 Å². The Balaban J connectivity index is 2.33. The van der Waals surface area contributed by atoms with Crippen molar-refractivity contribution in [2.24, 2.45) is 5.92 Å². The predicted octanol–water partition coefficient (Wildman–Crippen LogP) is 4.96. The van der Waals surface area contributed by atoms with Crippen LogP contribution in [0.25, 0.3) is 0 Å². The molecule has 0 spiro atoms. The molecule has 0 N–H and O–H groups in total. The first-order chi connectivity index (χ1) is 9.86. The maximum absolute atomic E-state index is 13.7. The molecule has 0 radical (unpaired) electrons. The maximum Gasteiger partial charge on any atom is 0.147 e. The highest BCUT2D eigenvalue weighted by molar-refractivity contribution is 9.10. The summed E-state index contributed by atoms with van der Waals surface area (Å²) in [6.07, 6.45) is 0.909. The lowest BCUT2D eigenvalue weighted by molar-refractivity contribution is 0.573. The number of nitrogens with zero attached hydrogens (tertiary/aromatic N) is 2. The summed E-state index contributed by atoms with van der Waals surface area (Å²) < 4.78 is 27.3. The molecule has 21 heavy (non-hydrogen) atoms. The number of benzene rings is 1. The Bertz CT molecular complexity index is 662. The SMILES string of the molecule is CC(C)Cc1nc(Cc2ccc(F)cc2F)nc(Cl)c1Br. The van der Waals surface area contributed by atoms with E-state index in [1.807, 2.05) is 0 Å². The van der Waals surface area contributed by atoms with Gasteiger partial charge in [-0.3, -0.25) is 0 Å². The van der Waals surface area contributed by atoms with Crippen molar-refractivity contribution in [3.63, 3.8) is 0 Å². The second kappa shape index (κ2) is 6.79. The smallest absolute Gasteiger partial charge is 0.147 e. The van der Waals surface area contributed by atoms with Crippen molar-refractivity contribution >= 4 is 27.5 Å². The van der Waals surface area contributed by atoms with Crippen molar-refractivity contribution in [1.82, 2.24) is 9.97 Å². The molecule has 0 aliphatic heterocycles. The van der Waals surface area contributed by atoms with E-state index < -0.39 is 11.6 Å². The molecule has 0 aliphatic carbocycles. The third kappa shape index (κ3) is 4.20. The van der Waals surface area contributed by atoms with Crippen LogP contribution < -0.4 is 0 Å². The van der Waals surface area contributed by atoms with E-state index in [2.05, 4.69) is 39.7 Å². The van der Waals surface area contributed by atoms with Gasteiger partial charge in [-0.15, -0.1) is 0 Å². The first-order valence-electron chi connectivity index (χ1n) is 6.51. The normalized spacial score (nSPS) is 11.2. The van der Waals surface area contributed by atoms with Crippen molar-refractivity contribution < 1.29 is 8.78 Å². The zero-order chi connectivity index (χ0) is 15.6. The van der Waals surface area contributed by atoms with Gasteiger partial charge in [0.15, 0.2) is 0 Å². The summed E-state index contributed by atoms with van der Waals surface area (Å²) in [7, 11) is 0. The van der Waals surface area contributed by atoms with Gasteiger partial charge < -0.3 is 0 Å². The van der Waals surface area contributed by atoms with Crippen LogP contribution in [0.5, 0.6) is 0 Å². The summed E-state index contributed by atoms with van der Waals surface area (Å²) in [5.41, 5.74) is 1.13. The predicted molar refractivity (Wildman–Crippen MR) is 82.4 cm³/mol. The standard InChI is InChI=1S/C15H14BrClF2N2/c1-8(2)5-12-14(16)15(17)21-13(20-12)6-9-3-4-10(18)7-11(9)19/h3-4,7-8H,5-6H2,1-2H3. The van der Waals surface area contributed by atoms with Crippen LogP contribution in [0.15, 0.2) is 22.7 Å². The fourth-order valence-corrected chi connectivity index (χ4v) is 2.49. The average Bonchev–Trinajstić information content (AvgIpc) is 2.38. The molecule has 2 nitrogen and oxygen atoms in total. The quantitative estimate of drug-likeness (QED) is 0.706. The Morgan fingerprint density at radius 1 is 1.24 bits per heavy atom. The largest absolute Gasteiger partial charge is 0.236 e. The summed E-state index contributed by atoms with van der Waals surface area (Å²) >= 11 is 9.45. The molecule has 1 heterocycles. The van der Waals surface area contributed by atoms with Crippen molar-refractivity contribution in [2.75, 3.05) is 0 Å². The highest BCUT2D eigenvalue weighted by Gasteiger charge is 2.14. The molecular formula is C15H14BrClF2N2. The van der Waals surface area contributed by atoms with Crippen molar-refractivity contribution in [2.45, 2.75) is 26.7 Å². The van der Waals surface area contributed by atoms with Gasteiger partial charge in [0.05, 0.1) is 10.2 Å². The lowest BCUT2D eigenvalue weighted by Crippen LogP contribution is -2.06. The van der Waals surface area contributed by atoms with E-state index in [1.165, 1.54) is 12.1 Å². The number of halogens is 4. The second-order valence-electron chi connectivity index (χ2n) is 5.20. The fourth-order valence-electron chi connectivity index (χ4n) is 1.95. The Morgan fingerprint density at radius 2 is 1.95 bits per heavy atom. The highest BCUT2D eigenvalue weighted by Crippen LogP contribution is 2.26. The van der Waals surface area contributed by atoms with E-state index in [0.717, 1.165) is 18.2 Å². The van der Waals surface area contributed by atoms with E-state index >= 15 is 0 Å². The zero-order valence-electron chi connectivity index (χ0n) is 11.6. The van der Waals surface area contributed by atoms with Crippen LogP contribution in [0, 0.1) is 17.6 Å². The molecule has 0 fully saturated rings. The Labute approximate surface area is 135 Å². The van der Waals surface area contributed by atoms with Crippen molar-refractivity contribution in [3.05, 3.63) is 56.5 Å². The van der Waals surface area contributed by atoms with E-state index in [4.69, 9.17) is 11.6 Å². The molecule has 1 aromatic carbocycles. The third-order valence-electron chi connectivity index (χ3n) is 2.89. The average molecular weight is 376 g/mol. The minimum atomic E-state index is -0.608. The van der Waals surface area contributed by atoms with E-state index in [0.29, 0.717) is 26.9 Å². The molecule has 1 aromatic heterocycles. The molecule has 2 rings (SSSR count). The summed E-state index contributed by atoms with van der Waals surface area (Å²) in [4.78, 5) is 8.58. The van der Waals surface area contributed by atoms with Gasteiger partial charge in [0, 0.05) is 12.5 Å². The lowest BCUT2D eigenvalue weighted by atomic mass is 10.1. The molecule has 6 heteroatoms. The molecule has 0 atom stereocenters. The van der Waals surface area contributed by atoms with Gasteiger partial charge in [-0.2, -0.15) is 0 Å². The lowest BCUT2D eigenvalue weighted by Gasteiger charge is -2.10. The highest BCUT2D eigenvalue weighted by atomic mass is 79.9. The Hall–Kier alpha value is -1.07. The fraction of sp³-hybridized carbons (Fsp3) is 0.333. The van der Waals surface area contributed by atoms with Gasteiger partial charge in [-0.05, 0) is 39.9 Å². The summed E-state index contributed by atoms with van der Waals surface area (Å²) in [6.45, 7) is 4.14. The summed E-state index contributed by atoms with van der Waals surface area (Å²) in [5.74, 6) is -0.387. The summed E-state index contributed by atoms with van der Waals surface area (Å²) in [6, 6.07) is 3.46. The number of hydrogen-bond acceptors (Lipinski definition) is 2. The van der Waals surface area contributed by atoms with Gasteiger partial charge >= 0.3 is 0 Å². The molecule has 0 amide bonds. The van der Waals surface area contributed by atoms with Crippen LogP contribution >= 0.6 is 27.5 Å². The third-order valence-corrected chi connectivity index (χ3v) is 4.23. The number of aromatic nitrogens is 2. The minimum absolute atomic E-state index is 0.171.